The van der Waals surface area contributed by atoms with Gasteiger partial charge in [-0.15, -0.1) is 11.3 Å². The van der Waals surface area contributed by atoms with Gasteiger partial charge < -0.3 is 9.64 Å². The smallest absolute Gasteiger partial charge is 0.262 e. The van der Waals surface area contributed by atoms with Crippen LogP contribution in [0.15, 0.2) is 46.9 Å². The molecule has 2 aliphatic heterocycles. The third kappa shape index (κ3) is 6.78. The molecule has 4 rings (SSSR count). The highest BCUT2D eigenvalue weighted by Crippen LogP contribution is 2.35. The van der Waals surface area contributed by atoms with Crippen LogP contribution in [-0.2, 0) is 14.3 Å². The first kappa shape index (κ1) is 26.4. The van der Waals surface area contributed by atoms with E-state index in [0.29, 0.717) is 44.7 Å². The van der Waals surface area contributed by atoms with E-state index in [-0.39, 0.29) is 29.6 Å². The standard InChI is InChI=1S/C27H35FN4O3S/c1-27(2,3)18-25(33)31(11-10-30-12-14-35-15-13-30)19-26(34)32-23(20-7-4-5-8-21(20)28)17-22(29-32)24-9-6-16-36-24/h4-9,16,23H,10-15,17-19H2,1-3H3. The summed E-state index contributed by atoms with van der Waals surface area (Å²) >= 11 is 1.54. The molecule has 194 valence electrons. The van der Waals surface area contributed by atoms with Gasteiger partial charge in [0, 0.05) is 44.6 Å². The molecule has 9 heteroatoms. The molecular formula is C27H35FN4O3S. The van der Waals surface area contributed by atoms with Crippen LogP contribution >= 0.6 is 11.3 Å². The summed E-state index contributed by atoms with van der Waals surface area (Å²) in [5, 5.41) is 7.99. The largest absolute Gasteiger partial charge is 0.379 e. The molecular weight excluding hydrogens is 479 g/mol. The average molecular weight is 515 g/mol. The molecule has 2 aliphatic rings. The van der Waals surface area contributed by atoms with Gasteiger partial charge in [0.1, 0.15) is 12.4 Å². The van der Waals surface area contributed by atoms with Crippen LogP contribution in [0.25, 0.3) is 0 Å². The molecule has 0 saturated carbocycles. The molecule has 1 fully saturated rings. The Labute approximate surface area is 216 Å². The zero-order valence-corrected chi connectivity index (χ0v) is 22.1. The summed E-state index contributed by atoms with van der Waals surface area (Å²) in [6.45, 7) is 10.0. The first-order valence-corrected chi connectivity index (χ1v) is 13.3. The molecule has 36 heavy (non-hydrogen) atoms. The van der Waals surface area contributed by atoms with Crippen LogP contribution in [-0.4, -0.2) is 78.3 Å². The van der Waals surface area contributed by atoms with Gasteiger partial charge in [-0.1, -0.05) is 45.0 Å². The normalized spacial score (nSPS) is 18.8. The highest BCUT2D eigenvalue weighted by molar-refractivity contribution is 7.12. The lowest BCUT2D eigenvalue weighted by Crippen LogP contribution is -2.47. The second-order valence-corrected chi connectivity index (χ2v) is 11.5. The fraction of sp³-hybridized carbons (Fsp3) is 0.519. The Morgan fingerprint density at radius 3 is 2.58 bits per heavy atom. The lowest BCUT2D eigenvalue weighted by Gasteiger charge is -2.32. The van der Waals surface area contributed by atoms with E-state index in [2.05, 4.69) is 10.0 Å². The van der Waals surface area contributed by atoms with E-state index in [1.807, 2.05) is 38.3 Å². The molecule has 0 radical (unpaired) electrons. The molecule has 0 N–H and O–H groups in total. The van der Waals surface area contributed by atoms with Gasteiger partial charge in [0.2, 0.25) is 5.91 Å². The highest BCUT2D eigenvalue weighted by atomic mass is 32.1. The summed E-state index contributed by atoms with van der Waals surface area (Å²) in [5.41, 5.74) is 0.986. The number of halogens is 1. The maximum atomic E-state index is 14.8. The highest BCUT2D eigenvalue weighted by Gasteiger charge is 2.36. The fourth-order valence-corrected chi connectivity index (χ4v) is 5.22. The summed E-state index contributed by atoms with van der Waals surface area (Å²) in [6, 6.07) is 9.86. The Morgan fingerprint density at radius 1 is 1.17 bits per heavy atom. The number of ether oxygens (including phenoxy) is 1. The molecule has 2 aromatic rings. The molecule has 1 aromatic carbocycles. The zero-order valence-electron chi connectivity index (χ0n) is 21.3. The third-order valence-corrected chi connectivity index (χ3v) is 7.30. The molecule has 0 bridgehead atoms. The molecule has 1 saturated heterocycles. The second kappa shape index (κ2) is 11.6. The average Bonchev–Trinajstić information content (AvgIpc) is 3.52. The van der Waals surface area contributed by atoms with Crippen LogP contribution in [0.1, 0.15) is 50.1 Å². The maximum absolute atomic E-state index is 14.8. The van der Waals surface area contributed by atoms with Gasteiger partial charge in [-0.05, 0) is 22.9 Å². The van der Waals surface area contributed by atoms with Crippen LogP contribution in [0.3, 0.4) is 0 Å². The van der Waals surface area contributed by atoms with Crippen LogP contribution < -0.4 is 0 Å². The van der Waals surface area contributed by atoms with Gasteiger partial charge in [-0.2, -0.15) is 5.10 Å². The van der Waals surface area contributed by atoms with E-state index >= 15 is 0 Å². The fourth-order valence-electron chi connectivity index (χ4n) is 4.50. The first-order chi connectivity index (χ1) is 17.2. The van der Waals surface area contributed by atoms with Crippen molar-refractivity contribution in [2.45, 2.75) is 39.7 Å². The Morgan fingerprint density at radius 2 is 1.92 bits per heavy atom. The Hall–Kier alpha value is -2.62. The predicted molar refractivity (Wildman–Crippen MR) is 139 cm³/mol. The Bertz CT molecular complexity index is 1080. The summed E-state index contributed by atoms with van der Waals surface area (Å²) in [6.07, 6.45) is 0.765. The van der Waals surface area contributed by atoms with Crippen molar-refractivity contribution in [3.63, 3.8) is 0 Å². The van der Waals surface area contributed by atoms with Crippen LogP contribution in [0.5, 0.6) is 0 Å². The predicted octanol–water partition coefficient (Wildman–Crippen LogP) is 4.16. The number of amides is 2. The second-order valence-electron chi connectivity index (χ2n) is 10.5. The molecule has 1 atom stereocenters. The topological polar surface area (TPSA) is 65.5 Å². The van der Waals surface area contributed by atoms with Crippen molar-refractivity contribution in [3.8, 4) is 0 Å². The van der Waals surface area contributed by atoms with Crippen molar-refractivity contribution >= 4 is 28.9 Å². The van der Waals surface area contributed by atoms with Crippen molar-refractivity contribution < 1.29 is 18.7 Å². The van der Waals surface area contributed by atoms with E-state index in [9.17, 15) is 14.0 Å². The number of hydrogen-bond donors (Lipinski definition) is 0. The minimum Gasteiger partial charge on any atom is -0.379 e. The van der Waals surface area contributed by atoms with E-state index in [0.717, 1.165) is 23.7 Å². The van der Waals surface area contributed by atoms with Gasteiger partial charge in [0.05, 0.1) is 29.8 Å². The van der Waals surface area contributed by atoms with Crippen molar-refractivity contribution in [1.29, 1.82) is 0 Å². The number of thiophene rings is 1. The number of benzene rings is 1. The van der Waals surface area contributed by atoms with Crippen molar-refractivity contribution in [2.75, 3.05) is 45.9 Å². The molecule has 2 amide bonds. The SMILES string of the molecule is CC(C)(C)CC(=O)N(CCN1CCOCC1)CC(=O)N1N=C(c2cccs2)CC1c1ccccc1F. The number of nitrogens with zero attached hydrogens (tertiary/aromatic N) is 4. The molecule has 3 heterocycles. The number of carbonyl (C=O) groups excluding carboxylic acids is 2. The van der Waals surface area contributed by atoms with Gasteiger partial charge in [-0.25, -0.2) is 9.40 Å². The van der Waals surface area contributed by atoms with Gasteiger partial charge >= 0.3 is 0 Å². The van der Waals surface area contributed by atoms with Gasteiger partial charge in [0.15, 0.2) is 0 Å². The van der Waals surface area contributed by atoms with Crippen molar-refractivity contribution in [2.24, 2.45) is 10.5 Å². The van der Waals surface area contributed by atoms with Crippen LogP contribution in [0.4, 0.5) is 4.39 Å². The van der Waals surface area contributed by atoms with Gasteiger partial charge in [-0.3, -0.25) is 14.5 Å². The number of carbonyl (C=O) groups is 2. The van der Waals surface area contributed by atoms with Crippen LogP contribution in [0, 0.1) is 11.2 Å². The third-order valence-electron chi connectivity index (χ3n) is 6.39. The van der Waals surface area contributed by atoms with E-state index in [4.69, 9.17) is 4.74 Å². The monoisotopic (exact) mass is 514 g/mol. The van der Waals surface area contributed by atoms with Crippen molar-refractivity contribution in [3.05, 3.63) is 58.0 Å². The minimum atomic E-state index is -0.547. The minimum absolute atomic E-state index is 0.0618. The quantitative estimate of drug-likeness (QED) is 0.531. The number of hydrogen-bond acceptors (Lipinski definition) is 6. The lowest BCUT2D eigenvalue weighted by molar-refractivity contribution is -0.142. The van der Waals surface area contributed by atoms with Gasteiger partial charge in [0.25, 0.3) is 5.91 Å². The summed E-state index contributed by atoms with van der Waals surface area (Å²) in [4.78, 5) is 31.8. The first-order valence-electron chi connectivity index (χ1n) is 12.5. The van der Waals surface area contributed by atoms with E-state index in [1.54, 1.807) is 34.4 Å². The molecule has 0 aliphatic carbocycles. The number of morpholine rings is 1. The number of rotatable bonds is 8. The van der Waals surface area contributed by atoms with E-state index in [1.165, 1.54) is 11.1 Å². The summed E-state index contributed by atoms with van der Waals surface area (Å²) < 4.78 is 20.2. The van der Waals surface area contributed by atoms with Crippen molar-refractivity contribution in [1.82, 2.24) is 14.8 Å². The maximum Gasteiger partial charge on any atom is 0.262 e. The lowest BCUT2D eigenvalue weighted by atomic mass is 9.91. The number of hydrazone groups is 1. The summed E-state index contributed by atoms with van der Waals surface area (Å²) in [5.74, 6) is -0.733. The molecule has 7 nitrogen and oxygen atoms in total. The Kier molecular flexibility index (Phi) is 8.54. The van der Waals surface area contributed by atoms with Crippen LogP contribution in [0.2, 0.25) is 0 Å². The van der Waals surface area contributed by atoms with E-state index < -0.39 is 6.04 Å². The summed E-state index contributed by atoms with van der Waals surface area (Å²) in [7, 11) is 0. The zero-order chi connectivity index (χ0) is 25.7. The molecule has 1 aromatic heterocycles. The molecule has 1 unspecified atom stereocenters. The molecule has 0 spiro atoms. The Balaban J connectivity index is 1.55.